The van der Waals surface area contributed by atoms with Crippen LogP contribution in [0.2, 0.25) is 0 Å². The van der Waals surface area contributed by atoms with Gasteiger partial charge in [0.15, 0.2) is 0 Å². The van der Waals surface area contributed by atoms with E-state index in [0.717, 1.165) is 130 Å². The van der Waals surface area contributed by atoms with Crippen molar-refractivity contribution in [3.63, 3.8) is 0 Å². The lowest BCUT2D eigenvalue weighted by atomic mass is 9.93. The zero-order valence-corrected chi connectivity index (χ0v) is 38.2. The Labute approximate surface area is 378 Å². The lowest BCUT2D eigenvalue weighted by Crippen LogP contribution is -2.48. The molecular weight excluding hydrogens is 811 g/mol. The fourth-order valence-corrected chi connectivity index (χ4v) is 10.2. The topological polar surface area (TPSA) is 176 Å². The molecule has 4 aliphatic heterocycles. The number of hydrogen-bond acceptors (Lipinski definition) is 10. The van der Waals surface area contributed by atoms with Crippen molar-refractivity contribution in [3.8, 4) is 5.69 Å². The predicted octanol–water partition coefficient (Wildman–Crippen LogP) is 5.23. The third kappa shape index (κ3) is 12.8. The Balaban J connectivity index is 0.887. The maximum absolute atomic E-state index is 13.3. The Hall–Kier alpha value is -5.02. The minimum absolute atomic E-state index is 0.0255. The number of rotatable bonds is 21. The summed E-state index contributed by atoms with van der Waals surface area (Å²) in [6, 6.07) is 12.8. The van der Waals surface area contributed by atoms with Crippen LogP contribution in [0.3, 0.4) is 0 Å². The molecule has 15 heteroatoms. The number of carboxylic acid groups (broad SMARTS) is 1. The van der Waals surface area contributed by atoms with E-state index < -0.39 is 5.97 Å². The summed E-state index contributed by atoms with van der Waals surface area (Å²) in [6.45, 7) is 11.3. The van der Waals surface area contributed by atoms with Crippen molar-refractivity contribution in [2.24, 2.45) is 5.92 Å². The molecular formula is C49H71N9O6. The zero-order chi connectivity index (χ0) is 45.0. The van der Waals surface area contributed by atoms with Gasteiger partial charge in [0.25, 0.3) is 0 Å². The number of anilines is 2. The Morgan fingerprint density at radius 2 is 1.69 bits per heavy atom. The van der Waals surface area contributed by atoms with Crippen molar-refractivity contribution in [2.75, 3.05) is 82.3 Å². The number of carbonyl (C=O) groups is 4. The maximum Gasteiger partial charge on any atom is 0.304 e. The van der Waals surface area contributed by atoms with Gasteiger partial charge in [0.05, 0.1) is 30.5 Å². The largest absolute Gasteiger partial charge is 0.481 e. The minimum atomic E-state index is -0.813. The van der Waals surface area contributed by atoms with Gasteiger partial charge in [0, 0.05) is 101 Å². The van der Waals surface area contributed by atoms with Gasteiger partial charge in [-0.3, -0.25) is 19.2 Å². The number of aliphatic hydroxyl groups excluding tert-OH is 1. The Bertz CT molecular complexity index is 2070. The SMILES string of the molecule is Cc1cc(C)n(-c2cc(C(CC(=O)O)CN3CCC(CCc4ccc5c(n4)NCCC5)C3)cc(N3CCN(C(=O)CCCC(=O)NCCCCCC(=O)N4CCCC4CO)CC3)c2)n1. The number of piperazine rings is 1. The number of carboxylic acids is 1. The molecule has 4 aliphatic rings. The summed E-state index contributed by atoms with van der Waals surface area (Å²) in [5.74, 6) is 0.661. The van der Waals surface area contributed by atoms with Gasteiger partial charge in [-0.1, -0.05) is 12.5 Å². The number of aryl methyl sites for hydroxylation is 4. The van der Waals surface area contributed by atoms with Gasteiger partial charge in [-0.05, 0) is 132 Å². The van der Waals surface area contributed by atoms with E-state index in [1.54, 1.807) is 0 Å². The van der Waals surface area contributed by atoms with Crippen molar-refractivity contribution in [1.82, 2.24) is 34.8 Å². The second-order valence-corrected chi connectivity index (χ2v) is 18.7. The van der Waals surface area contributed by atoms with Crippen LogP contribution in [0.4, 0.5) is 11.5 Å². The molecule has 3 amide bonds. The van der Waals surface area contributed by atoms with E-state index >= 15 is 0 Å². The number of nitrogens with zero attached hydrogens (tertiary/aromatic N) is 7. The van der Waals surface area contributed by atoms with Crippen molar-refractivity contribution in [3.05, 3.63) is 64.6 Å². The number of carbonyl (C=O) groups excluding carboxylic acids is 3. The van der Waals surface area contributed by atoms with Crippen LogP contribution in [0.5, 0.6) is 0 Å². The molecule has 64 heavy (non-hydrogen) atoms. The summed E-state index contributed by atoms with van der Waals surface area (Å²) in [7, 11) is 0. The second-order valence-electron chi connectivity index (χ2n) is 18.7. The summed E-state index contributed by atoms with van der Waals surface area (Å²) >= 11 is 0. The van der Waals surface area contributed by atoms with Crippen molar-refractivity contribution < 1.29 is 29.4 Å². The molecule has 3 atom stereocenters. The maximum atomic E-state index is 13.3. The Morgan fingerprint density at radius 1 is 0.875 bits per heavy atom. The molecule has 0 aliphatic carbocycles. The van der Waals surface area contributed by atoms with E-state index in [-0.39, 0.29) is 42.7 Å². The van der Waals surface area contributed by atoms with Crippen LogP contribution in [0.1, 0.15) is 118 Å². The third-order valence-corrected chi connectivity index (χ3v) is 13.8. The number of aliphatic carboxylic acids is 1. The van der Waals surface area contributed by atoms with Crippen molar-refractivity contribution in [1.29, 1.82) is 0 Å². The van der Waals surface area contributed by atoms with Crippen LogP contribution in [-0.4, -0.2) is 141 Å². The number of unbranched alkanes of at least 4 members (excludes halogenated alkanes) is 2. The molecule has 1 aromatic carbocycles. The number of pyridine rings is 1. The number of hydrogen-bond donors (Lipinski definition) is 4. The molecule has 7 rings (SSSR count). The van der Waals surface area contributed by atoms with Gasteiger partial charge in [-0.15, -0.1) is 0 Å². The lowest BCUT2D eigenvalue weighted by Gasteiger charge is -2.37. The van der Waals surface area contributed by atoms with Crippen LogP contribution in [0.15, 0.2) is 36.4 Å². The monoisotopic (exact) mass is 882 g/mol. The lowest BCUT2D eigenvalue weighted by molar-refractivity contribution is -0.137. The molecule has 3 unspecified atom stereocenters. The number of aromatic nitrogens is 3. The summed E-state index contributed by atoms with van der Waals surface area (Å²) in [5.41, 5.74) is 7.25. The van der Waals surface area contributed by atoms with E-state index in [0.29, 0.717) is 70.9 Å². The van der Waals surface area contributed by atoms with Crippen molar-refractivity contribution in [2.45, 2.75) is 122 Å². The number of likely N-dealkylation sites (tertiary alicyclic amines) is 2. The Kier molecular flexibility index (Phi) is 16.7. The van der Waals surface area contributed by atoms with Gasteiger partial charge in [0.2, 0.25) is 17.7 Å². The molecule has 4 N–H and O–H groups in total. The number of benzene rings is 1. The number of nitrogens with one attached hydrogen (secondary N) is 2. The second kappa shape index (κ2) is 22.7. The molecule has 0 spiro atoms. The summed E-state index contributed by atoms with van der Waals surface area (Å²) < 4.78 is 1.94. The van der Waals surface area contributed by atoms with Crippen LogP contribution < -0.4 is 15.5 Å². The minimum Gasteiger partial charge on any atom is -0.481 e. The number of amides is 3. The summed E-state index contributed by atoms with van der Waals surface area (Å²) in [4.78, 5) is 64.0. The first-order chi connectivity index (χ1) is 31.0. The quantitative estimate of drug-likeness (QED) is 0.103. The fourth-order valence-electron chi connectivity index (χ4n) is 10.2. The van der Waals surface area contributed by atoms with Gasteiger partial charge in [-0.25, -0.2) is 9.67 Å². The van der Waals surface area contributed by atoms with Crippen LogP contribution in [-0.2, 0) is 32.0 Å². The molecule has 0 bridgehead atoms. The molecule has 3 aromatic rings. The first kappa shape index (κ1) is 47.0. The molecule has 0 radical (unpaired) electrons. The van der Waals surface area contributed by atoms with Crippen LogP contribution >= 0.6 is 0 Å². The van der Waals surface area contributed by atoms with Gasteiger partial charge >= 0.3 is 5.97 Å². The van der Waals surface area contributed by atoms with E-state index in [1.807, 2.05) is 34.4 Å². The van der Waals surface area contributed by atoms with Crippen LogP contribution in [0.25, 0.3) is 5.69 Å². The average Bonchev–Trinajstić information content (AvgIpc) is 4.05. The van der Waals surface area contributed by atoms with E-state index in [9.17, 15) is 29.4 Å². The summed E-state index contributed by atoms with van der Waals surface area (Å²) in [6.07, 6.45) is 11.2. The zero-order valence-electron chi connectivity index (χ0n) is 38.2. The smallest absolute Gasteiger partial charge is 0.304 e. The van der Waals surface area contributed by atoms with Gasteiger partial charge in [-0.2, -0.15) is 5.10 Å². The van der Waals surface area contributed by atoms with Crippen molar-refractivity contribution >= 4 is 35.2 Å². The highest BCUT2D eigenvalue weighted by molar-refractivity contribution is 5.79. The van der Waals surface area contributed by atoms with E-state index in [4.69, 9.17) is 10.1 Å². The highest BCUT2D eigenvalue weighted by Crippen LogP contribution is 2.33. The first-order valence-corrected chi connectivity index (χ1v) is 24.1. The highest BCUT2D eigenvalue weighted by atomic mass is 16.4. The summed E-state index contributed by atoms with van der Waals surface area (Å²) in [5, 5.41) is 30.9. The highest BCUT2D eigenvalue weighted by Gasteiger charge is 2.30. The fraction of sp³-hybridized carbons (Fsp3) is 0.633. The predicted molar refractivity (Wildman–Crippen MR) is 248 cm³/mol. The molecule has 2 aromatic heterocycles. The molecule has 15 nitrogen and oxygen atoms in total. The van der Waals surface area contributed by atoms with Crippen LogP contribution in [0, 0.1) is 19.8 Å². The Morgan fingerprint density at radius 3 is 2.47 bits per heavy atom. The number of fused-ring (bicyclic) bond motifs is 1. The van der Waals surface area contributed by atoms with E-state index in [1.165, 1.54) is 5.56 Å². The molecule has 348 valence electrons. The molecule has 3 saturated heterocycles. The standard InChI is InChI=1S/C49H71N9O6/c1-35-27-36(2)58(53-35)44-29-39(40(30-48(63)64)33-54-22-18-37(32-54)14-16-41-17-15-38-9-7-20-51-49(38)52-41)28-43(31-44)55-23-25-56(26-24-55)46(61)13-6-11-45(60)50-19-5-3-4-12-47(62)57-21-8-10-42(57)34-59/h15,17,27-29,31,37,40,42,59H,3-14,16,18-26,30,32-34H2,1-2H3,(H,50,60)(H,51,52)(H,63,64). The van der Waals surface area contributed by atoms with Gasteiger partial charge < -0.3 is 40.4 Å². The van der Waals surface area contributed by atoms with E-state index in [2.05, 4.69) is 50.8 Å². The number of aliphatic hydroxyl groups is 1. The molecule has 6 heterocycles. The average molecular weight is 882 g/mol. The molecule has 3 fully saturated rings. The first-order valence-electron chi connectivity index (χ1n) is 24.1. The normalized spacial score (nSPS) is 19.4. The molecule has 0 saturated carbocycles. The van der Waals surface area contributed by atoms with Gasteiger partial charge in [0.1, 0.15) is 5.82 Å². The third-order valence-electron chi connectivity index (χ3n) is 13.8.